The lowest BCUT2D eigenvalue weighted by Crippen LogP contribution is -2.60. The molecule has 180 valence electrons. The normalized spacial score (nSPS) is 41.5. The highest BCUT2D eigenvalue weighted by Gasteiger charge is 2.63. The molecule has 0 bridgehead atoms. The van der Waals surface area contributed by atoms with Crippen molar-refractivity contribution < 1.29 is 35.9 Å². The standard InChI is InChI=1S/C22H28F6N2O2/c1-19-9-7-13-11(3-6-15-20(13,2)10-8-16(31)29-15)12(19)4-5-14(19)17(32)30-18(21(23,24)25)22(26,27)28/h8,10-15,18H,3-7,9H2,1-2H3,(H,29,31)(H,30,32)/t11-,12-,13+,14?,15?,19-,20+/m0/s1. The van der Waals surface area contributed by atoms with Crippen LogP contribution in [-0.2, 0) is 9.59 Å². The van der Waals surface area contributed by atoms with Crippen LogP contribution in [0.25, 0.3) is 0 Å². The van der Waals surface area contributed by atoms with Gasteiger partial charge in [0, 0.05) is 17.4 Å². The van der Waals surface area contributed by atoms with E-state index in [1.807, 2.05) is 13.0 Å². The van der Waals surface area contributed by atoms with Crippen molar-refractivity contribution in [2.45, 2.75) is 76.8 Å². The molecule has 3 aliphatic carbocycles. The lowest BCUT2D eigenvalue weighted by Gasteiger charge is -2.58. The van der Waals surface area contributed by atoms with Gasteiger partial charge in [-0.25, -0.2) is 0 Å². The quantitative estimate of drug-likeness (QED) is 0.589. The third kappa shape index (κ3) is 3.61. The fourth-order valence-electron chi connectivity index (χ4n) is 7.36. The number of alkyl halides is 6. The van der Waals surface area contributed by atoms with Crippen LogP contribution in [0.1, 0.15) is 52.4 Å². The molecular weight excluding hydrogens is 438 g/mol. The zero-order valence-corrected chi connectivity index (χ0v) is 17.9. The number of hydrogen-bond donors (Lipinski definition) is 2. The first kappa shape index (κ1) is 23.4. The zero-order chi connectivity index (χ0) is 23.7. The summed E-state index contributed by atoms with van der Waals surface area (Å²) in [6, 6.07) is -3.84. The molecule has 2 amide bonds. The highest BCUT2D eigenvalue weighted by molar-refractivity contribution is 5.89. The number of nitrogens with one attached hydrogen (secondary N) is 2. The van der Waals surface area contributed by atoms with Crippen molar-refractivity contribution in [1.29, 1.82) is 0 Å². The Morgan fingerprint density at radius 1 is 1.03 bits per heavy atom. The van der Waals surface area contributed by atoms with E-state index in [9.17, 15) is 35.9 Å². The molecule has 4 aliphatic rings. The summed E-state index contributed by atoms with van der Waals surface area (Å²) in [6.07, 6.45) is -3.94. The Balaban J connectivity index is 1.55. The number of rotatable bonds is 2. The molecule has 0 spiro atoms. The molecule has 3 saturated carbocycles. The lowest BCUT2D eigenvalue weighted by atomic mass is 9.48. The second-order valence-electron chi connectivity index (χ2n) is 10.4. The van der Waals surface area contributed by atoms with Crippen LogP contribution in [0.4, 0.5) is 26.3 Å². The van der Waals surface area contributed by atoms with Crippen LogP contribution < -0.4 is 10.6 Å². The van der Waals surface area contributed by atoms with Gasteiger partial charge in [-0.15, -0.1) is 0 Å². The van der Waals surface area contributed by atoms with Crippen molar-refractivity contribution in [2.75, 3.05) is 0 Å². The molecule has 0 saturated heterocycles. The maximum absolute atomic E-state index is 13.0. The Morgan fingerprint density at radius 3 is 2.31 bits per heavy atom. The second-order valence-corrected chi connectivity index (χ2v) is 10.4. The van der Waals surface area contributed by atoms with E-state index in [1.54, 1.807) is 6.08 Å². The lowest BCUT2D eigenvalue weighted by molar-refractivity contribution is -0.258. The molecule has 7 atom stereocenters. The summed E-state index contributed by atoms with van der Waals surface area (Å²) in [5.41, 5.74) is -0.881. The van der Waals surface area contributed by atoms with Crippen LogP contribution in [0.15, 0.2) is 12.2 Å². The van der Waals surface area contributed by atoms with Crippen LogP contribution in [0.3, 0.4) is 0 Å². The van der Waals surface area contributed by atoms with Gasteiger partial charge >= 0.3 is 12.4 Å². The van der Waals surface area contributed by atoms with Crippen molar-refractivity contribution in [3.8, 4) is 0 Å². The van der Waals surface area contributed by atoms with Gasteiger partial charge in [-0.05, 0) is 67.8 Å². The second kappa shape index (κ2) is 7.38. The summed E-state index contributed by atoms with van der Waals surface area (Å²) in [7, 11) is 0. The summed E-state index contributed by atoms with van der Waals surface area (Å²) in [4.78, 5) is 24.5. The molecule has 0 aromatic rings. The van der Waals surface area contributed by atoms with Gasteiger partial charge in [0.25, 0.3) is 0 Å². The van der Waals surface area contributed by atoms with Gasteiger partial charge in [-0.2, -0.15) is 26.3 Å². The minimum absolute atomic E-state index is 0.0189. The molecule has 3 fully saturated rings. The van der Waals surface area contributed by atoms with Crippen molar-refractivity contribution in [1.82, 2.24) is 10.6 Å². The van der Waals surface area contributed by atoms with Gasteiger partial charge in [-0.1, -0.05) is 19.9 Å². The van der Waals surface area contributed by atoms with Gasteiger partial charge in [0.15, 0.2) is 0 Å². The molecule has 2 N–H and O–H groups in total. The van der Waals surface area contributed by atoms with Crippen molar-refractivity contribution in [3.63, 3.8) is 0 Å². The Morgan fingerprint density at radius 2 is 1.69 bits per heavy atom. The molecule has 2 unspecified atom stereocenters. The topological polar surface area (TPSA) is 58.2 Å². The molecular formula is C22H28F6N2O2. The number of halogens is 6. The molecule has 0 aromatic carbocycles. The van der Waals surface area contributed by atoms with Gasteiger partial charge in [0.1, 0.15) is 0 Å². The van der Waals surface area contributed by atoms with E-state index in [0.717, 1.165) is 19.3 Å². The van der Waals surface area contributed by atoms with Gasteiger partial charge < -0.3 is 10.6 Å². The first-order valence-electron chi connectivity index (χ1n) is 11.1. The van der Waals surface area contributed by atoms with E-state index in [-0.39, 0.29) is 41.5 Å². The molecule has 4 nitrogen and oxygen atoms in total. The molecule has 1 heterocycles. The van der Waals surface area contributed by atoms with E-state index in [1.165, 1.54) is 5.32 Å². The fraction of sp³-hybridized carbons (Fsp3) is 0.818. The number of hydrogen-bond acceptors (Lipinski definition) is 2. The maximum Gasteiger partial charge on any atom is 0.417 e. The van der Waals surface area contributed by atoms with Gasteiger partial charge in [-0.3, -0.25) is 9.59 Å². The summed E-state index contributed by atoms with van der Waals surface area (Å²) in [5.74, 6) is -1.64. The van der Waals surface area contributed by atoms with Crippen LogP contribution in [-0.4, -0.2) is 36.3 Å². The van der Waals surface area contributed by atoms with E-state index < -0.39 is 35.6 Å². The smallest absolute Gasteiger partial charge is 0.349 e. The minimum Gasteiger partial charge on any atom is -0.349 e. The average molecular weight is 466 g/mol. The van der Waals surface area contributed by atoms with Gasteiger partial charge in [0.2, 0.25) is 17.9 Å². The van der Waals surface area contributed by atoms with Crippen molar-refractivity contribution in [2.24, 2.45) is 34.5 Å². The Bertz CT molecular complexity index is 810. The number of amides is 2. The maximum atomic E-state index is 13.0. The SMILES string of the molecule is C[C@]12C=CC(=O)NC1CC[C@@H]1[C@H]2CC[C@]2(C)C(C(=O)NC(C(F)(F)F)C(F)(F)F)CC[C@@H]12. The number of fused-ring (bicyclic) bond motifs is 5. The van der Waals surface area contributed by atoms with E-state index in [2.05, 4.69) is 12.2 Å². The van der Waals surface area contributed by atoms with Crippen LogP contribution >= 0.6 is 0 Å². The third-order valence-corrected chi connectivity index (χ3v) is 8.94. The summed E-state index contributed by atoms with van der Waals surface area (Å²) >= 11 is 0. The molecule has 0 aromatic heterocycles. The average Bonchev–Trinajstić information content (AvgIpc) is 3.02. The third-order valence-electron chi connectivity index (χ3n) is 8.94. The van der Waals surface area contributed by atoms with Gasteiger partial charge in [0.05, 0.1) is 0 Å². The first-order chi connectivity index (χ1) is 14.7. The van der Waals surface area contributed by atoms with Crippen molar-refractivity contribution in [3.05, 3.63) is 12.2 Å². The van der Waals surface area contributed by atoms with Crippen molar-refractivity contribution >= 4 is 11.8 Å². The highest BCUT2D eigenvalue weighted by Crippen LogP contribution is 2.65. The van der Waals surface area contributed by atoms with E-state index in [0.29, 0.717) is 12.8 Å². The number of carbonyl (C=O) groups is 2. The Labute approximate surface area is 182 Å². The predicted octanol–water partition coefficient (Wildman–Crippen LogP) is 4.51. The van der Waals surface area contributed by atoms with E-state index >= 15 is 0 Å². The fourth-order valence-corrected chi connectivity index (χ4v) is 7.36. The summed E-state index contributed by atoms with van der Waals surface area (Å²) in [6.45, 7) is 3.97. The minimum atomic E-state index is -5.60. The predicted molar refractivity (Wildman–Crippen MR) is 103 cm³/mol. The summed E-state index contributed by atoms with van der Waals surface area (Å²) < 4.78 is 77.8. The monoisotopic (exact) mass is 466 g/mol. The van der Waals surface area contributed by atoms with Crippen LogP contribution in [0.5, 0.6) is 0 Å². The highest BCUT2D eigenvalue weighted by atomic mass is 19.4. The Hall–Kier alpha value is -1.74. The molecule has 1 aliphatic heterocycles. The van der Waals surface area contributed by atoms with E-state index in [4.69, 9.17) is 0 Å². The summed E-state index contributed by atoms with van der Waals surface area (Å²) in [5, 5.41) is 4.31. The number of carbonyl (C=O) groups excluding carboxylic acids is 2. The molecule has 4 rings (SSSR count). The molecule has 32 heavy (non-hydrogen) atoms. The molecule has 10 heteroatoms. The van der Waals surface area contributed by atoms with Crippen LogP contribution in [0, 0.1) is 34.5 Å². The van der Waals surface area contributed by atoms with Crippen LogP contribution in [0.2, 0.25) is 0 Å². The first-order valence-corrected chi connectivity index (χ1v) is 11.1. The Kier molecular flexibility index (Phi) is 5.40. The largest absolute Gasteiger partial charge is 0.417 e. The zero-order valence-electron chi connectivity index (χ0n) is 17.9. The molecule has 0 radical (unpaired) electrons.